The maximum Gasteiger partial charge on any atom is 0.323 e. The minimum atomic E-state index is -3.02. The molecule has 1 N–H and O–H groups in total. The number of carbonyl (C=O) groups is 1. The van der Waals surface area contributed by atoms with Gasteiger partial charge in [0.15, 0.2) is 0 Å². The summed E-state index contributed by atoms with van der Waals surface area (Å²) in [6.45, 7) is 1.76. The largest absolute Gasteiger partial charge is 0.468 e. The Labute approximate surface area is 96.5 Å². The summed E-state index contributed by atoms with van der Waals surface area (Å²) in [5.41, 5.74) is 0. The highest BCUT2D eigenvalue weighted by Crippen LogP contribution is 2.33. The number of ether oxygens (including phenoxy) is 1. The SMILES string of the molecule is COC(=O)C(NC(C)CS(C)(=O)=O)C1CC1. The highest BCUT2D eigenvalue weighted by atomic mass is 32.2. The van der Waals surface area contributed by atoms with Gasteiger partial charge in [-0.3, -0.25) is 4.79 Å². The van der Waals surface area contributed by atoms with Crippen LogP contribution in [0.25, 0.3) is 0 Å². The van der Waals surface area contributed by atoms with Gasteiger partial charge in [0.1, 0.15) is 15.9 Å². The Hall–Kier alpha value is -0.620. The first-order valence-corrected chi connectivity index (χ1v) is 7.41. The minimum absolute atomic E-state index is 0.0349. The second-order valence-corrected chi connectivity index (χ2v) is 6.68. The summed E-state index contributed by atoms with van der Waals surface area (Å²) in [6.07, 6.45) is 3.19. The number of carbonyl (C=O) groups excluding carboxylic acids is 1. The maximum atomic E-state index is 11.5. The van der Waals surface area contributed by atoms with Gasteiger partial charge in [-0.05, 0) is 25.7 Å². The monoisotopic (exact) mass is 249 g/mol. The molecule has 0 bridgehead atoms. The fourth-order valence-electron chi connectivity index (χ4n) is 1.76. The molecule has 1 fully saturated rings. The normalized spacial score (nSPS) is 20.2. The summed E-state index contributed by atoms with van der Waals surface area (Å²) in [5.74, 6) is 0.0324. The van der Waals surface area contributed by atoms with Crippen LogP contribution >= 0.6 is 0 Å². The van der Waals surface area contributed by atoms with Crippen molar-refractivity contribution in [1.29, 1.82) is 0 Å². The number of rotatable bonds is 6. The molecule has 0 heterocycles. The summed E-state index contributed by atoms with van der Waals surface area (Å²) in [5, 5.41) is 3.03. The molecule has 0 aromatic carbocycles. The fraction of sp³-hybridized carbons (Fsp3) is 0.900. The summed E-state index contributed by atoms with van der Waals surface area (Å²) in [7, 11) is -1.67. The molecule has 0 saturated heterocycles. The van der Waals surface area contributed by atoms with Crippen LogP contribution in [0.5, 0.6) is 0 Å². The molecule has 2 unspecified atom stereocenters. The van der Waals surface area contributed by atoms with Gasteiger partial charge in [0.2, 0.25) is 0 Å². The Morgan fingerprint density at radius 2 is 2.06 bits per heavy atom. The van der Waals surface area contributed by atoms with E-state index in [2.05, 4.69) is 5.32 Å². The molecule has 6 heteroatoms. The number of hydrogen-bond acceptors (Lipinski definition) is 5. The van der Waals surface area contributed by atoms with Gasteiger partial charge in [-0.25, -0.2) is 8.42 Å². The topological polar surface area (TPSA) is 72.5 Å². The van der Waals surface area contributed by atoms with Crippen LogP contribution in [0, 0.1) is 5.92 Å². The zero-order valence-electron chi connectivity index (χ0n) is 9.89. The van der Waals surface area contributed by atoms with Crippen molar-refractivity contribution in [2.45, 2.75) is 31.8 Å². The Bertz CT molecular complexity index is 348. The second kappa shape index (κ2) is 5.14. The lowest BCUT2D eigenvalue weighted by Gasteiger charge is -2.20. The van der Waals surface area contributed by atoms with Crippen molar-refractivity contribution < 1.29 is 17.9 Å². The lowest BCUT2D eigenvalue weighted by atomic mass is 10.1. The third kappa shape index (κ3) is 4.49. The van der Waals surface area contributed by atoms with E-state index in [1.54, 1.807) is 6.92 Å². The Kier molecular flexibility index (Phi) is 4.32. The van der Waals surface area contributed by atoms with Gasteiger partial charge in [-0.2, -0.15) is 0 Å². The fourth-order valence-corrected chi connectivity index (χ4v) is 2.77. The molecule has 1 aliphatic carbocycles. The van der Waals surface area contributed by atoms with Crippen molar-refractivity contribution in [3.63, 3.8) is 0 Å². The van der Waals surface area contributed by atoms with Gasteiger partial charge < -0.3 is 10.1 Å². The maximum absolute atomic E-state index is 11.5. The molecule has 0 radical (unpaired) electrons. The zero-order valence-corrected chi connectivity index (χ0v) is 10.7. The first kappa shape index (κ1) is 13.4. The van der Waals surface area contributed by atoms with Crippen LogP contribution in [0.15, 0.2) is 0 Å². The van der Waals surface area contributed by atoms with Crippen molar-refractivity contribution in [3.8, 4) is 0 Å². The Morgan fingerprint density at radius 1 is 1.50 bits per heavy atom. The van der Waals surface area contributed by atoms with E-state index in [0.29, 0.717) is 5.92 Å². The summed E-state index contributed by atoms with van der Waals surface area (Å²) < 4.78 is 26.9. The van der Waals surface area contributed by atoms with E-state index in [9.17, 15) is 13.2 Å². The average molecular weight is 249 g/mol. The number of esters is 1. The van der Waals surface area contributed by atoms with Crippen LogP contribution in [0.2, 0.25) is 0 Å². The van der Waals surface area contributed by atoms with Crippen molar-refractivity contribution in [2.24, 2.45) is 5.92 Å². The lowest BCUT2D eigenvalue weighted by molar-refractivity contribution is -0.143. The third-order valence-corrected chi connectivity index (χ3v) is 3.67. The predicted octanol–water partition coefficient (Wildman–Crippen LogP) is -0.0393. The lowest BCUT2D eigenvalue weighted by Crippen LogP contribution is -2.46. The molecular formula is C10H19NO4S. The molecule has 94 valence electrons. The average Bonchev–Trinajstić information content (AvgIpc) is 2.93. The van der Waals surface area contributed by atoms with Crippen molar-refractivity contribution >= 4 is 15.8 Å². The quantitative estimate of drug-likeness (QED) is 0.669. The molecule has 0 aromatic heterocycles. The zero-order chi connectivity index (χ0) is 12.3. The van der Waals surface area contributed by atoms with Crippen LogP contribution < -0.4 is 5.32 Å². The molecule has 0 amide bonds. The molecule has 0 aliphatic heterocycles. The van der Waals surface area contributed by atoms with Gasteiger partial charge in [0.05, 0.1) is 12.9 Å². The van der Waals surface area contributed by atoms with Crippen molar-refractivity contribution in [3.05, 3.63) is 0 Å². The smallest absolute Gasteiger partial charge is 0.323 e. The minimum Gasteiger partial charge on any atom is -0.468 e. The summed E-state index contributed by atoms with van der Waals surface area (Å²) >= 11 is 0. The van der Waals surface area contributed by atoms with Crippen LogP contribution in [0.1, 0.15) is 19.8 Å². The Balaban J connectivity index is 2.51. The van der Waals surface area contributed by atoms with E-state index in [-0.39, 0.29) is 23.8 Å². The van der Waals surface area contributed by atoms with E-state index in [4.69, 9.17) is 4.74 Å². The highest BCUT2D eigenvalue weighted by Gasteiger charge is 2.37. The molecule has 1 saturated carbocycles. The van der Waals surface area contributed by atoms with E-state index < -0.39 is 9.84 Å². The summed E-state index contributed by atoms with van der Waals surface area (Å²) in [6, 6.07) is -0.596. The summed E-state index contributed by atoms with van der Waals surface area (Å²) in [4.78, 5) is 11.5. The van der Waals surface area contributed by atoms with Gasteiger partial charge in [-0.15, -0.1) is 0 Å². The van der Waals surface area contributed by atoms with Crippen LogP contribution in [0.3, 0.4) is 0 Å². The predicted molar refractivity (Wildman–Crippen MR) is 60.8 cm³/mol. The molecular weight excluding hydrogens is 230 g/mol. The highest BCUT2D eigenvalue weighted by molar-refractivity contribution is 7.90. The molecule has 5 nitrogen and oxygen atoms in total. The van der Waals surface area contributed by atoms with Crippen LogP contribution in [-0.2, 0) is 19.4 Å². The molecule has 0 aromatic rings. The number of methoxy groups -OCH3 is 1. The Morgan fingerprint density at radius 3 is 2.44 bits per heavy atom. The van der Waals surface area contributed by atoms with E-state index in [1.807, 2.05) is 0 Å². The number of sulfone groups is 1. The number of nitrogens with one attached hydrogen (secondary N) is 1. The first-order valence-electron chi connectivity index (χ1n) is 5.35. The molecule has 1 aliphatic rings. The molecule has 1 rings (SSSR count). The standard InChI is InChI=1S/C10H19NO4S/c1-7(6-16(3,13)14)11-9(8-4-5-8)10(12)15-2/h7-9,11H,4-6H2,1-3H3. The van der Waals surface area contributed by atoms with Gasteiger partial charge >= 0.3 is 5.97 Å². The van der Waals surface area contributed by atoms with Crippen LogP contribution in [0.4, 0.5) is 0 Å². The van der Waals surface area contributed by atoms with Gasteiger partial charge in [0.25, 0.3) is 0 Å². The van der Waals surface area contributed by atoms with Crippen molar-refractivity contribution in [1.82, 2.24) is 5.32 Å². The van der Waals surface area contributed by atoms with E-state index in [0.717, 1.165) is 12.8 Å². The number of hydrogen-bond donors (Lipinski definition) is 1. The second-order valence-electron chi connectivity index (χ2n) is 4.50. The molecule has 16 heavy (non-hydrogen) atoms. The van der Waals surface area contributed by atoms with Crippen molar-refractivity contribution in [2.75, 3.05) is 19.1 Å². The third-order valence-electron chi connectivity index (χ3n) is 2.57. The van der Waals surface area contributed by atoms with E-state index >= 15 is 0 Å². The van der Waals surface area contributed by atoms with Crippen LogP contribution in [-0.4, -0.2) is 45.6 Å². The first-order chi connectivity index (χ1) is 7.33. The van der Waals surface area contributed by atoms with Gasteiger partial charge in [-0.1, -0.05) is 0 Å². The van der Waals surface area contributed by atoms with E-state index in [1.165, 1.54) is 13.4 Å². The molecule has 0 spiro atoms. The van der Waals surface area contributed by atoms with Gasteiger partial charge in [0, 0.05) is 12.3 Å². The molecule has 2 atom stereocenters.